The Balaban J connectivity index is 1.68. The zero-order valence-corrected chi connectivity index (χ0v) is 19.3. The molecule has 0 amide bonds. The maximum atomic E-state index is 6.72. The maximum Gasteiger partial charge on any atom is 0.144 e. The van der Waals surface area contributed by atoms with Gasteiger partial charge in [0.1, 0.15) is 11.2 Å². The van der Waals surface area contributed by atoms with E-state index in [1.807, 2.05) is 0 Å². The Bertz CT molecular complexity index is 2190. The molecule has 0 unspecified atom stereocenters. The van der Waals surface area contributed by atoms with Gasteiger partial charge in [-0.3, -0.25) is 0 Å². The number of furan rings is 1. The molecule has 0 radical (unpaired) electrons. The lowest BCUT2D eigenvalue weighted by Crippen LogP contribution is -1.95. The van der Waals surface area contributed by atoms with E-state index in [2.05, 4.69) is 120 Å². The Morgan fingerprint density at radius 1 is 0.500 bits per heavy atom. The fourth-order valence-electron chi connectivity index (χ4n) is 6.55. The molecule has 2 heterocycles. The first-order valence-electron chi connectivity index (χ1n) is 12.4. The second-order valence-electron chi connectivity index (χ2n) is 9.67. The molecular formula is C34H19NO. The van der Waals surface area contributed by atoms with Crippen molar-refractivity contribution in [2.45, 2.75) is 0 Å². The highest BCUT2D eigenvalue weighted by Gasteiger charge is 2.32. The normalized spacial score (nSPS) is 12.4. The quantitative estimate of drug-likeness (QED) is 0.240. The SMILES string of the molecule is c1ccc(-n2c3ccccc3c3c4c(oc5ccccc54)c4c(c32)-c2cccc3cccc-4c23)cc1. The molecule has 0 spiro atoms. The minimum atomic E-state index is 0.932. The third kappa shape index (κ3) is 2.09. The second kappa shape index (κ2) is 6.44. The van der Waals surface area contributed by atoms with Gasteiger partial charge in [-0.05, 0) is 46.2 Å². The number of nitrogens with zero attached hydrogens (tertiary/aromatic N) is 1. The molecule has 9 rings (SSSR count). The number of fused-ring (bicyclic) bond motifs is 12. The summed E-state index contributed by atoms with van der Waals surface area (Å²) in [6.07, 6.45) is 0. The van der Waals surface area contributed by atoms with Crippen LogP contribution in [0.2, 0.25) is 0 Å². The van der Waals surface area contributed by atoms with E-state index in [0.29, 0.717) is 0 Å². The lowest BCUT2D eigenvalue weighted by molar-refractivity contribution is 0.670. The van der Waals surface area contributed by atoms with Crippen molar-refractivity contribution in [3.63, 3.8) is 0 Å². The van der Waals surface area contributed by atoms with Crippen molar-refractivity contribution < 1.29 is 4.42 Å². The van der Waals surface area contributed by atoms with Gasteiger partial charge in [-0.25, -0.2) is 0 Å². The summed E-state index contributed by atoms with van der Waals surface area (Å²) in [5.74, 6) is 0. The summed E-state index contributed by atoms with van der Waals surface area (Å²) in [7, 11) is 0. The van der Waals surface area contributed by atoms with Crippen LogP contribution < -0.4 is 0 Å². The van der Waals surface area contributed by atoms with Crippen molar-refractivity contribution in [1.29, 1.82) is 0 Å². The summed E-state index contributed by atoms with van der Waals surface area (Å²) in [4.78, 5) is 0. The minimum Gasteiger partial charge on any atom is -0.455 e. The number of benzene rings is 6. The van der Waals surface area contributed by atoms with E-state index >= 15 is 0 Å². The largest absolute Gasteiger partial charge is 0.455 e. The van der Waals surface area contributed by atoms with E-state index < -0.39 is 0 Å². The molecule has 2 nitrogen and oxygen atoms in total. The highest BCUT2D eigenvalue weighted by molar-refractivity contribution is 6.37. The molecule has 0 aliphatic heterocycles. The van der Waals surface area contributed by atoms with Crippen LogP contribution in [-0.2, 0) is 0 Å². The van der Waals surface area contributed by atoms with E-state index in [1.54, 1.807) is 0 Å². The molecular weight excluding hydrogens is 438 g/mol. The third-order valence-electron chi connectivity index (χ3n) is 7.89. The van der Waals surface area contributed by atoms with Crippen molar-refractivity contribution in [2.75, 3.05) is 0 Å². The van der Waals surface area contributed by atoms with Crippen LogP contribution in [0.15, 0.2) is 120 Å². The standard InChI is InChI=1S/C34H19NO/c1-2-12-21(13-3-1)35-26-18-6-4-14-22(26)29-31-23-15-5-7-19-27(23)36-34(31)32-25-17-9-11-20-10-8-16-24(28(20)25)30(32)33(29)35/h1-19H. The molecule has 1 aliphatic carbocycles. The molecule has 2 aromatic heterocycles. The predicted molar refractivity (Wildman–Crippen MR) is 150 cm³/mol. The number of aromatic nitrogens is 1. The fraction of sp³-hybridized carbons (Fsp3) is 0. The van der Waals surface area contributed by atoms with E-state index in [-0.39, 0.29) is 0 Å². The number of rotatable bonds is 1. The molecule has 1 aliphatic rings. The van der Waals surface area contributed by atoms with Crippen LogP contribution in [0.4, 0.5) is 0 Å². The molecule has 36 heavy (non-hydrogen) atoms. The molecule has 0 saturated carbocycles. The molecule has 0 bridgehead atoms. The smallest absolute Gasteiger partial charge is 0.144 e. The van der Waals surface area contributed by atoms with Gasteiger partial charge >= 0.3 is 0 Å². The van der Waals surface area contributed by atoms with Crippen LogP contribution in [0, 0.1) is 0 Å². The topological polar surface area (TPSA) is 18.1 Å². The predicted octanol–water partition coefficient (Wildman–Crippen LogP) is 9.48. The molecule has 8 aromatic rings. The lowest BCUT2D eigenvalue weighted by Gasteiger charge is -2.12. The summed E-state index contributed by atoms with van der Waals surface area (Å²) >= 11 is 0. The van der Waals surface area contributed by atoms with Gasteiger partial charge in [0, 0.05) is 38.4 Å². The number of hydrogen-bond donors (Lipinski definition) is 0. The minimum absolute atomic E-state index is 0.932. The van der Waals surface area contributed by atoms with Crippen molar-refractivity contribution in [2.24, 2.45) is 0 Å². The van der Waals surface area contributed by atoms with Crippen LogP contribution in [0.1, 0.15) is 0 Å². The van der Waals surface area contributed by atoms with Gasteiger partial charge in [-0.1, -0.05) is 91.0 Å². The van der Waals surface area contributed by atoms with E-state index in [9.17, 15) is 0 Å². The number of hydrogen-bond acceptors (Lipinski definition) is 1. The Labute approximate surface area is 206 Å². The van der Waals surface area contributed by atoms with Gasteiger partial charge in [0.2, 0.25) is 0 Å². The first kappa shape index (κ1) is 18.5. The van der Waals surface area contributed by atoms with E-state index in [4.69, 9.17) is 4.42 Å². The van der Waals surface area contributed by atoms with Crippen LogP contribution >= 0.6 is 0 Å². The molecule has 166 valence electrons. The van der Waals surface area contributed by atoms with Gasteiger partial charge in [-0.2, -0.15) is 0 Å². The summed E-state index contributed by atoms with van der Waals surface area (Å²) in [6, 6.07) is 41.3. The number of para-hydroxylation sites is 3. The first-order chi connectivity index (χ1) is 17.9. The van der Waals surface area contributed by atoms with Crippen molar-refractivity contribution in [3.8, 4) is 27.9 Å². The Morgan fingerprint density at radius 3 is 2.03 bits per heavy atom. The van der Waals surface area contributed by atoms with Crippen LogP contribution in [0.5, 0.6) is 0 Å². The fourth-order valence-corrected chi connectivity index (χ4v) is 6.55. The monoisotopic (exact) mass is 457 g/mol. The molecule has 0 fully saturated rings. The summed E-state index contributed by atoms with van der Waals surface area (Å²) in [5, 5.41) is 7.46. The summed E-state index contributed by atoms with van der Waals surface area (Å²) in [6.45, 7) is 0. The molecule has 0 atom stereocenters. The molecule has 6 aromatic carbocycles. The van der Waals surface area contributed by atoms with Gasteiger partial charge in [0.15, 0.2) is 0 Å². The average Bonchev–Trinajstić information content (AvgIpc) is 3.58. The molecule has 0 saturated heterocycles. The highest BCUT2D eigenvalue weighted by Crippen LogP contribution is 2.56. The summed E-state index contributed by atoms with van der Waals surface area (Å²) in [5.41, 5.74) is 10.6. The second-order valence-corrected chi connectivity index (χ2v) is 9.67. The van der Waals surface area contributed by atoms with E-state index in [0.717, 1.165) is 11.2 Å². The Hall–Kier alpha value is -4.82. The summed E-state index contributed by atoms with van der Waals surface area (Å²) < 4.78 is 9.17. The van der Waals surface area contributed by atoms with Gasteiger partial charge in [0.25, 0.3) is 0 Å². The Morgan fingerprint density at radius 2 is 1.19 bits per heavy atom. The third-order valence-corrected chi connectivity index (χ3v) is 7.89. The molecule has 2 heteroatoms. The zero-order valence-electron chi connectivity index (χ0n) is 19.3. The van der Waals surface area contributed by atoms with Gasteiger partial charge in [0.05, 0.1) is 11.0 Å². The average molecular weight is 458 g/mol. The highest BCUT2D eigenvalue weighted by atomic mass is 16.3. The first-order valence-corrected chi connectivity index (χ1v) is 12.4. The van der Waals surface area contributed by atoms with Crippen molar-refractivity contribution in [1.82, 2.24) is 4.57 Å². The zero-order chi connectivity index (χ0) is 23.4. The van der Waals surface area contributed by atoms with Crippen LogP contribution in [-0.4, -0.2) is 4.57 Å². The van der Waals surface area contributed by atoms with E-state index in [1.165, 1.54) is 71.3 Å². The van der Waals surface area contributed by atoms with Crippen LogP contribution in [0.25, 0.3) is 82.5 Å². The van der Waals surface area contributed by atoms with Crippen molar-refractivity contribution >= 4 is 54.5 Å². The lowest BCUT2D eigenvalue weighted by atomic mass is 9.95. The van der Waals surface area contributed by atoms with Crippen LogP contribution in [0.3, 0.4) is 0 Å². The maximum absolute atomic E-state index is 6.72. The molecule has 0 N–H and O–H groups in total. The van der Waals surface area contributed by atoms with Gasteiger partial charge < -0.3 is 8.98 Å². The van der Waals surface area contributed by atoms with Gasteiger partial charge in [-0.15, -0.1) is 0 Å². The van der Waals surface area contributed by atoms with Crippen molar-refractivity contribution in [3.05, 3.63) is 115 Å². The Kier molecular flexibility index (Phi) is 3.31.